The van der Waals surface area contributed by atoms with Gasteiger partial charge in [-0.2, -0.15) is 0 Å². The first-order chi connectivity index (χ1) is 8.74. The van der Waals surface area contributed by atoms with E-state index in [1.165, 1.54) is 7.11 Å². The lowest BCUT2D eigenvalue weighted by molar-refractivity contribution is -0.145. The summed E-state index contributed by atoms with van der Waals surface area (Å²) in [5, 5.41) is 2.46. The van der Waals surface area contributed by atoms with Crippen LogP contribution in [-0.2, 0) is 9.53 Å². The maximum Gasteiger partial charge on any atom is 0.419 e. The van der Waals surface area contributed by atoms with Crippen molar-refractivity contribution in [1.29, 1.82) is 0 Å². The summed E-state index contributed by atoms with van der Waals surface area (Å²) in [6.07, 6.45) is -0.815. The third kappa shape index (κ3) is 4.55. The van der Waals surface area contributed by atoms with Crippen LogP contribution in [0.15, 0.2) is 22.7 Å². The standard InChI is InChI=1S/C13H16BrNO4/c1-13(2,3)11(16)19-12(17)15-8-5-6-9(14)10(7-8)18-4/h5-7H,1-4H3,(H,15,17). The predicted octanol–water partition coefficient (Wildman–Crippen LogP) is 3.58. The molecule has 0 aliphatic heterocycles. The van der Waals surface area contributed by atoms with Gasteiger partial charge in [-0.25, -0.2) is 4.79 Å². The van der Waals surface area contributed by atoms with Crippen LogP contribution in [0.25, 0.3) is 0 Å². The molecule has 0 aromatic heterocycles. The zero-order chi connectivity index (χ0) is 14.6. The van der Waals surface area contributed by atoms with Crippen LogP contribution in [0.4, 0.5) is 10.5 Å². The quantitative estimate of drug-likeness (QED) is 0.665. The van der Waals surface area contributed by atoms with Crippen molar-refractivity contribution in [2.75, 3.05) is 12.4 Å². The fourth-order valence-corrected chi connectivity index (χ4v) is 1.53. The van der Waals surface area contributed by atoms with Crippen molar-refractivity contribution in [3.63, 3.8) is 0 Å². The van der Waals surface area contributed by atoms with Crippen molar-refractivity contribution in [1.82, 2.24) is 0 Å². The van der Waals surface area contributed by atoms with Crippen LogP contribution in [0.1, 0.15) is 20.8 Å². The SMILES string of the molecule is COc1cc(NC(=O)OC(=O)C(C)(C)C)ccc1Br. The lowest BCUT2D eigenvalue weighted by atomic mass is 9.98. The van der Waals surface area contributed by atoms with Crippen molar-refractivity contribution >= 4 is 33.7 Å². The molecule has 0 spiro atoms. The molecular weight excluding hydrogens is 314 g/mol. The van der Waals surface area contributed by atoms with Crippen molar-refractivity contribution in [3.8, 4) is 5.75 Å². The molecule has 0 fully saturated rings. The Balaban J connectivity index is 2.70. The Morgan fingerprint density at radius 3 is 2.42 bits per heavy atom. The zero-order valence-corrected chi connectivity index (χ0v) is 12.8. The highest BCUT2D eigenvalue weighted by Crippen LogP contribution is 2.28. The average molecular weight is 330 g/mol. The number of halogens is 1. The van der Waals surface area contributed by atoms with Crippen molar-refractivity contribution < 1.29 is 19.1 Å². The van der Waals surface area contributed by atoms with Gasteiger partial charge < -0.3 is 9.47 Å². The van der Waals surface area contributed by atoms with E-state index in [0.717, 1.165) is 4.47 Å². The van der Waals surface area contributed by atoms with Gasteiger partial charge in [-0.05, 0) is 48.8 Å². The van der Waals surface area contributed by atoms with E-state index in [4.69, 9.17) is 4.74 Å². The highest BCUT2D eigenvalue weighted by atomic mass is 79.9. The Bertz CT molecular complexity index is 494. The summed E-state index contributed by atoms with van der Waals surface area (Å²) in [5.41, 5.74) is -0.249. The number of amides is 1. The highest BCUT2D eigenvalue weighted by Gasteiger charge is 2.25. The summed E-state index contributed by atoms with van der Waals surface area (Å²) < 4.78 is 10.5. The van der Waals surface area contributed by atoms with Gasteiger partial charge in [0.15, 0.2) is 0 Å². The van der Waals surface area contributed by atoms with E-state index in [9.17, 15) is 9.59 Å². The van der Waals surface area contributed by atoms with Gasteiger partial charge in [0.05, 0.1) is 17.0 Å². The summed E-state index contributed by atoms with van der Waals surface area (Å²) in [6, 6.07) is 5.00. The summed E-state index contributed by atoms with van der Waals surface area (Å²) in [6.45, 7) is 5.02. The molecule has 1 N–H and O–H groups in total. The summed E-state index contributed by atoms with van der Waals surface area (Å²) in [4.78, 5) is 23.1. The Kier molecular flexibility index (Phi) is 4.94. The molecule has 0 unspecified atom stereocenters. The van der Waals surface area contributed by atoms with Gasteiger partial charge in [-0.3, -0.25) is 10.1 Å². The maximum absolute atomic E-state index is 11.5. The van der Waals surface area contributed by atoms with E-state index in [1.54, 1.807) is 39.0 Å². The number of hydrogen-bond acceptors (Lipinski definition) is 4. The number of rotatable bonds is 2. The molecule has 1 aromatic rings. The molecule has 0 saturated heterocycles. The summed E-state index contributed by atoms with van der Waals surface area (Å²) in [7, 11) is 1.52. The lowest BCUT2D eigenvalue weighted by Gasteiger charge is -2.15. The molecule has 19 heavy (non-hydrogen) atoms. The lowest BCUT2D eigenvalue weighted by Crippen LogP contribution is -2.28. The fraction of sp³-hybridized carbons (Fsp3) is 0.385. The van der Waals surface area contributed by atoms with Crippen LogP contribution in [0.2, 0.25) is 0 Å². The molecule has 0 bridgehead atoms. The van der Waals surface area contributed by atoms with Crippen LogP contribution in [0, 0.1) is 5.41 Å². The number of benzene rings is 1. The Morgan fingerprint density at radius 2 is 1.89 bits per heavy atom. The van der Waals surface area contributed by atoms with Crippen LogP contribution >= 0.6 is 15.9 Å². The number of carbonyl (C=O) groups excluding carboxylic acids is 2. The Hall–Kier alpha value is -1.56. The second-order valence-corrected chi connectivity index (χ2v) is 5.76. The number of anilines is 1. The van der Waals surface area contributed by atoms with Crippen LogP contribution < -0.4 is 10.1 Å². The Morgan fingerprint density at radius 1 is 1.26 bits per heavy atom. The van der Waals surface area contributed by atoms with Crippen molar-refractivity contribution in [2.45, 2.75) is 20.8 Å². The first-order valence-corrected chi connectivity index (χ1v) is 6.40. The molecule has 0 saturated carbocycles. The second kappa shape index (κ2) is 6.06. The largest absolute Gasteiger partial charge is 0.495 e. The third-order valence-electron chi connectivity index (χ3n) is 2.20. The van der Waals surface area contributed by atoms with Crippen LogP contribution in [-0.4, -0.2) is 19.2 Å². The molecule has 5 nitrogen and oxygen atoms in total. The smallest absolute Gasteiger partial charge is 0.419 e. The molecule has 0 heterocycles. The van der Waals surface area contributed by atoms with Gasteiger partial charge in [-0.15, -0.1) is 0 Å². The summed E-state index contributed by atoms with van der Waals surface area (Å²) in [5.74, 6) is -0.0194. The second-order valence-electron chi connectivity index (χ2n) is 4.90. The first kappa shape index (κ1) is 15.5. The Labute approximate surface area is 120 Å². The topological polar surface area (TPSA) is 64.6 Å². The minimum atomic E-state index is -0.815. The van der Waals surface area contributed by atoms with E-state index in [1.807, 2.05) is 0 Å². The molecule has 0 atom stereocenters. The first-order valence-electron chi connectivity index (χ1n) is 5.61. The molecule has 104 valence electrons. The maximum atomic E-state index is 11.5. The fourth-order valence-electron chi connectivity index (χ4n) is 1.12. The predicted molar refractivity (Wildman–Crippen MR) is 75.3 cm³/mol. The van der Waals surface area contributed by atoms with Crippen molar-refractivity contribution in [2.24, 2.45) is 5.41 Å². The molecule has 1 amide bonds. The van der Waals surface area contributed by atoms with E-state index in [0.29, 0.717) is 11.4 Å². The van der Waals surface area contributed by atoms with E-state index >= 15 is 0 Å². The average Bonchev–Trinajstić information content (AvgIpc) is 2.30. The molecule has 0 radical (unpaired) electrons. The van der Waals surface area contributed by atoms with Gasteiger partial charge in [0, 0.05) is 11.8 Å². The van der Waals surface area contributed by atoms with Crippen LogP contribution in [0.3, 0.4) is 0 Å². The number of hydrogen-bond donors (Lipinski definition) is 1. The molecular formula is C13H16BrNO4. The number of nitrogens with one attached hydrogen (secondary N) is 1. The van der Waals surface area contributed by atoms with Gasteiger partial charge in [0.25, 0.3) is 0 Å². The molecule has 1 aromatic carbocycles. The minimum Gasteiger partial charge on any atom is -0.495 e. The number of esters is 1. The van der Waals surface area contributed by atoms with Gasteiger partial charge in [-0.1, -0.05) is 0 Å². The van der Waals surface area contributed by atoms with Gasteiger partial charge in [0.1, 0.15) is 5.75 Å². The molecule has 1 rings (SSSR count). The number of methoxy groups -OCH3 is 1. The number of carbonyl (C=O) groups is 2. The van der Waals surface area contributed by atoms with E-state index < -0.39 is 17.5 Å². The highest BCUT2D eigenvalue weighted by molar-refractivity contribution is 9.10. The van der Waals surface area contributed by atoms with Crippen LogP contribution in [0.5, 0.6) is 5.75 Å². The van der Waals surface area contributed by atoms with Gasteiger partial charge >= 0.3 is 12.1 Å². The normalized spacial score (nSPS) is 10.8. The molecule has 0 aliphatic carbocycles. The third-order valence-corrected chi connectivity index (χ3v) is 2.85. The monoisotopic (exact) mass is 329 g/mol. The minimum absolute atomic E-state index is 0.478. The van der Waals surface area contributed by atoms with Crippen molar-refractivity contribution in [3.05, 3.63) is 22.7 Å². The van der Waals surface area contributed by atoms with E-state index in [-0.39, 0.29) is 0 Å². The zero-order valence-electron chi connectivity index (χ0n) is 11.2. The molecule has 6 heteroatoms. The number of ether oxygens (including phenoxy) is 2. The van der Waals surface area contributed by atoms with E-state index in [2.05, 4.69) is 26.0 Å². The summed E-state index contributed by atoms with van der Waals surface area (Å²) >= 11 is 3.30. The van der Waals surface area contributed by atoms with Gasteiger partial charge in [0.2, 0.25) is 0 Å². The molecule has 0 aliphatic rings.